The van der Waals surface area contributed by atoms with Crippen molar-refractivity contribution < 1.29 is 18.3 Å². The third-order valence-corrected chi connectivity index (χ3v) is 4.45. The minimum Gasteiger partial charge on any atom is -0.395 e. The van der Waals surface area contributed by atoms with Crippen molar-refractivity contribution in [2.24, 2.45) is 0 Å². The zero-order chi connectivity index (χ0) is 19.2. The number of pyridine rings is 1. The highest BCUT2D eigenvalue weighted by Crippen LogP contribution is 2.32. The highest BCUT2D eigenvalue weighted by Gasteiger charge is 2.30. The van der Waals surface area contributed by atoms with Crippen molar-refractivity contribution >= 4 is 16.6 Å². The highest BCUT2D eigenvalue weighted by atomic mass is 19.4. The number of aliphatic hydroxyl groups is 1. The molecule has 2 aromatic rings. The molecule has 1 aromatic heterocycles. The van der Waals surface area contributed by atoms with E-state index >= 15 is 0 Å². The summed E-state index contributed by atoms with van der Waals surface area (Å²) in [4.78, 5) is 6.26. The number of hydrogen-bond acceptors (Lipinski definition) is 4. The number of likely N-dealkylation sites (N-methyl/N-ethyl adjacent to an activating group) is 1. The van der Waals surface area contributed by atoms with E-state index in [9.17, 15) is 13.2 Å². The summed E-state index contributed by atoms with van der Waals surface area (Å²) in [6.07, 6.45) is -0.945. The maximum Gasteiger partial charge on any atom is 0.416 e. The smallest absolute Gasteiger partial charge is 0.395 e. The largest absolute Gasteiger partial charge is 0.416 e. The van der Waals surface area contributed by atoms with Crippen molar-refractivity contribution in [3.05, 3.63) is 36.0 Å². The Morgan fingerprint density at radius 3 is 2.65 bits per heavy atom. The van der Waals surface area contributed by atoms with Crippen LogP contribution in [0.4, 0.5) is 18.9 Å². The van der Waals surface area contributed by atoms with Gasteiger partial charge in [0.15, 0.2) is 0 Å². The number of benzene rings is 1. The van der Waals surface area contributed by atoms with Crippen LogP contribution in [0.5, 0.6) is 0 Å². The molecule has 0 unspecified atom stereocenters. The van der Waals surface area contributed by atoms with Gasteiger partial charge in [0.25, 0.3) is 0 Å². The molecule has 0 amide bonds. The fraction of sp³-hybridized carbons (Fsp3) is 0.526. The molecule has 144 valence electrons. The Hall–Kier alpha value is -1.86. The van der Waals surface area contributed by atoms with Crippen LogP contribution in [0, 0.1) is 0 Å². The average molecular weight is 369 g/mol. The van der Waals surface area contributed by atoms with Gasteiger partial charge < -0.3 is 15.3 Å². The number of anilines is 1. The molecule has 2 N–H and O–H groups in total. The van der Waals surface area contributed by atoms with Crippen LogP contribution >= 0.6 is 0 Å². The standard InChI is InChI=1S/C19H26F3N3O/c1-3-25(11-12-26)10-4-5-14(2)24-17-8-9-23-18-13-15(19(20,21)22)6-7-16(17)18/h6-9,13-14,26H,3-5,10-12H2,1-2H3,(H,23,24)/t14-/m1/s1. The normalized spacial score (nSPS) is 13.3. The Bertz CT molecular complexity index is 706. The quantitative estimate of drug-likeness (QED) is 0.697. The summed E-state index contributed by atoms with van der Waals surface area (Å²) in [6, 6.07) is 5.61. The number of alkyl halides is 3. The first kappa shape index (κ1) is 20.5. The van der Waals surface area contributed by atoms with Crippen LogP contribution in [0.3, 0.4) is 0 Å². The van der Waals surface area contributed by atoms with E-state index in [2.05, 4.69) is 29.0 Å². The lowest BCUT2D eigenvalue weighted by Crippen LogP contribution is -2.28. The van der Waals surface area contributed by atoms with Crippen LogP contribution in [0.25, 0.3) is 10.9 Å². The van der Waals surface area contributed by atoms with Gasteiger partial charge in [-0.25, -0.2) is 0 Å². The van der Waals surface area contributed by atoms with Crippen molar-refractivity contribution in [1.29, 1.82) is 0 Å². The highest BCUT2D eigenvalue weighted by molar-refractivity contribution is 5.91. The van der Waals surface area contributed by atoms with E-state index in [0.717, 1.165) is 43.8 Å². The predicted molar refractivity (Wildman–Crippen MR) is 98.3 cm³/mol. The number of fused-ring (bicyclic) bond motifs is 1. The van der Waals surface area contributed by atoms with Crippen LogP contribution < -0.4 is 5.32 Å². The van der Waals surface area contributed by atoms with E-state index in [1.54, 1.807) is 6.07 Å². The first-order valence-electron chi connectivity index (χ1n) is 8.91. The second-order valence-electron chi connectivity index (χ2n) is 6.43. The molecule has 0 fully saturated rings. The molecule has 26 heavy (non-hydrogen) atoms. The first-order valence-corrected chi connectivity index (χ1v) is 8.91. The SMILES string of the molecule is CCN(CCO)CCC[C@@H](C)Nc1ccnc2cc(C(F)(F)F)ccc12. The van der Waals surface area contributed by atoms with Crippen molar-refractivity contribution in [3.8, 4) is 0 Å². The Morgan fingerprint density at radius 1 is 1.23 bits per heavy atom. The summed E-state index contributed by atoms with van der Waals surface area (Å²) in [5.41, 5.74) is 0.433. The van der Waals surface area contributed by atoms with Crippen LogP contribution in [0.2, 0.25) is 0 Å². The molecule has 0 aliphatic rings. The molecule has 0 bridgehead atoms. The number of halogens is 3. The van der Waals surface area contributed by atoms with E-state index in [1.807, 2.05) is 0 Å². The van der Waals surface area contributed by atoms with Gasteiger partial charge in [0.2, 0.25) is 0 Å². The fourth-order valence-electron chi connectivity index (χ4n) is 2.98. The number of nitrogens with zero attached hydrogens (tertiary/aromatic N) is 2. The average Bonchev–Trinajstić information content (AvgIpc) is 2.60. The van der Waals surface area contributed by atoms with Crippen LogP contribution in [0.15, 0.2) is 30.5 Å². The number of rotatable bonds is 9. The topological polar surface area (TPSA) is 48.4 Å². The van der Waals surface area contributed by atoms with Gasteiger partial charge in [0.1, 0.15) is 0 Å². The summed E-state index contributed by atoms with van der Waals surface area (Å²) in [7, 11) is 0. The Morgan fingerprint density at radius 2 is 2.00 bits per heavy atom. The zero-order valence-corrected chi connectivity index (χ0v) is 15.2. The third-order valence-electron chi connectivity index (χ3n) is 4.45. The summed E-state index contributed by atoms with van der Waals surface area (Å²) in [5, 5.41) is 13.1. The van der Waals surface area contributed by atoms with E-state index in [0.29, 0.717) is 17.4 Å². The predicted octanol–water partition coefficient (Wildman–Crippen LogP) is 4.15. The Balaban J connectivity index is 2.01. The molecule has 1 atom stereocenters. The molecule has 4 nitrogen and oxygen atoms in total. The molecule has 0 aliphatic carbocycles. The monoisotopic (exact) mass is 369 g/mol. The van der Waals surface area contributed by atoms with Crippen molar-refractivity contribution in [1.82, 2.24) is 9.88 Å². The number of aromatic nitrogens is 1. The summed E-state index contributed by atoms with van der Waals surface area (Å²) < 4.78 is 38.6. The molecular weight excluding hydrogens is 343 g/mol. The van der Waals surface area contributed by atoms with Gasteiger partial charge in [-0.3, -0.25) is 4.98 Å². The molecule has 0 saturated carbocycles. The maximum atomic E-state index is 12.9. The molecule has 0 radical (unpaired) electrons. The summed E-state index contributed by atoms with van der Waals surface area (Å²) >= 11 is 0. The molecule has 2 rings (SSSR count). The maximum absolute atomic E-state index is 12.9. The van der Waals surface area contributed by atoms with Gasteiger partial charge in [0, 0.05) is 29.9 Å². The van der Waals surface area contributed by atoms with Crippen LogP contribution in [0.1, 0.15) is 32.3 Å². The molecule has 1 aromatic carbocycles. The third kappa shape index (κ3) is 5.57. The van der Waals surface area contributed by atoms with E-state index in [1.165, 1.54) is 12.3 Å². The summed E-state index contributed by atoms with van der Waals surface area (Å²) in [6.45, 7) is 6.77. The molecule has 0 aliphatic heterocycles. The van der Waals surface area contributed by atoms with Crippen molar-refractivity contribution in [2.45, 2.75) is 38.9 Å². The number of nitrogens with one attached hydrogen (secondary N) is 1. The Labute approximate surface area is 152 Å². The van der Waals surface area contributed by atoms with E-state index < -0.39 is 11.7 Å². The van der Waals surface area contributed by atoms with Crippen molar-refractivity contribution in [2.75, 3.05) is 31.6 Å². The molecular formula is C19H26F3N3O. The molecule has 0 saturated heterocycles. The minimum atomic E-state index is -4.37. The first-order chi connectivity index (χ1) is 12.3. The van der Waals surface area contributed by atoms with Crippen LogP contribution in [-0.2, 0) is 6.18 Å². The minimum absolute atomic E-state index is 0.157. The number of aliphatic hydroxyl groups excluding tert-OH is 1. The van der Waals surface area contributed by atoms with Gasteiger partial charge >= 0.3 is 6.18 Å². The van der Waals surface area contributed by atoms with Gasteiger partial charge in [-0.1, -0.05) is 13.0 Å². The lowest BCUT2D eigenvalue weighted by molar-refractivity contribution is -0.137. The van der Waals surface area contributed by atoms with Gasteiger partial charge in [-0.05, 0) is 51.1 Å². The lowest BCUT2D eigenvalue weighted by atomic mass is 10.1. The van der Waals surface area contributed by atoms with E-state index in [4.69, 9.17) is 5.11 Å². The molecule has 7 heteroatoms. The number of hydrogen-bond donors (Lipinski definition) is 2. The Kier molecular flexibility index (Phi) is 7.23. The second-order valence-corrected chi connectivity index (χ2v) is 6.43. The second kappa shape index (κ2) is 9.19. The molecule has 0 spiro atoms. The van der Waals surface area contributed by atoms with Crippen LogP contribution in [-0.4, -0.2) is 47.3 Å². The molecule has 1 heterocycles. The van der Waals surface area contributed by atoms with E-state index in [-0.39, 0.29) is 12.6 Å². The lowest BCUT2D eigenvalue weighted by Gasteiger charge is -2.21. The van der Waals surface area contributed by atoms with Crippen molar-refractivity contribution in [3.63, 3.8) is 0 Å². The fourth-order valence-corrected chi connectivity index (χ4v) is 2.98. The van der Waals surface area contributed by atoms with Gasteiger partial charge in [-0.2, -0.15) is 13.2 Å². The van der Waals surface area contributed by atoms with Gasteiger partial charge in [-0.15, -0.1) is 0 Å². The van der Waals surface area contributed by atoms with Gasteiger partial charge in [0.05, 0.1) is 17.7 Å². The zero-order valence-electron chi connectivity index (χ0n) is 15.2. The summed E-state index contributed by atoms with van der Waals surface area (Å²) in [5.74, 6) is 0.